The van der Waals surface area contributed by atoms with E-state index in [0.29, 0.717) is 0 Å². The molecule has 1 aliphatic carbocycles. The van der Waals surface area contributed by atoms with Crippen molar-refractivity contribution in [2.75, 3.05) is 37.6 Å². The molecule has 1 saturated heterocycles. The molecule has 2 fully saturated rings. The molecule has 1 aromatic heterocycles. The highest BCUT2D eigenvalue weighted by Crippen LogP contribution is 2.26. The van der Waals surface area contributed by atoms with Crippen molar-refractivity contribution in [2.24, 2.45) is 7.05 Å². The summed E-state index contributed by atoms with van der Waals surface area (Å²) < 4.78 is 2.07. The molecule has 2 aliphatic rings. The first-order valence-electron chi connectivity index (χ1n) is 7.92. The fourth-order valence-corrected chi connectivity index (χ4v) is 3.10. The summed E-state index contributed by atoms with van der Waals surface area (Å²) in [4.78, 5) is 5.03. The molecule has 2 heterocycles. The van der Waals surface area contributed by atoms with Crippen LogP contribution in [0.4, 0.5) is 5.82 Å². The van der Waals surface area contributed by atoms with Crippen LogP contribution >= 0.6 is 0 Å². The minimum atomic E-state index is 0.749. The molecular weight excluding hydrogens is 250 g/mol. The van der Waals surface area contributed by atoms with Gasteiger partial charge in [-0.1, -0.05) is 6.92 Å². The Bertz CT molecular complexity index is 455. The lowest BCUT2D eigenvalue weighted by Gasteiger charge is -2.35. The summed E-state index contributed by atoms with van der Waals surface area (Å²) in [5.74, 6) is 1.33. The van der Waals surface area contributed by atoms with Gasteiger partial charge in [-0.2, -0.15) is 5.10 Å². The van der Waals surface area contributed by atoms with E-state index in [0.717, 1.165) is 45.3 Å². The smallest absolute Gasteiger partial charge is 0.131 e. The predicted octanol–water partition coefficient (Wildman–Crippen LogP) is 1.12. The average molecular weight is 277 g/mol. The van der Waals surface area contributed by atoms with Gasteiger partial charge in [-0.25, -0.2) is 0 Å². The van der Waals surface area contributed by atoms with Gasteiger partial charge in [0.15, 0.2) is 0 Å². The third-order valence-corrected chi connectivity index (χ3v) is 4.58. The molecule has 0 atom stereocenters. The highest BCUT2D eigenvalue weighted by atomic mass is 15.4. The van der Waals surface area contributed by atoms with Crippen molar-refractivity contribution < 1.29 is 0 Å². The lowest BCUT2D eigenvalue weighted by molar-refractivity contribution is 0.269. The summed E-state index contributed by atoms with van der Waals surface area (Å²) in [5, 5.41) is 8.28. The van der Waals surface area contributed by atoms with Gasteiger partial charge in [0.25, 0.3) is 0 Å². The molecule has 1 saturated carbocycles. The van der Waals surface area contributed by atoms with Gasteiger partial charge >= 0.3 is 0 Å². The second kappa shape index (κ2) is 5.74. The van der Waals surface area contributed by atoms with Crippen LogP contribution in [0.5, 0.6) is 0 Å². The number of hydrogen-bond donors (Lipinski definition) is 1. The van der Waals surface area contributed by atoms with Crippen LogP contribution in [0.1, 0.15) is 31.0 Å². The second-order valence-electron chi connectivity index (χ2n) is 6.09. The molecule has 20 heavy (non-hydrogen) atoms. The number of anilines is 1. The normalized spacial score (nSPS) is 20.6. The highest BCUT2D eigenvalue weighted by Gasteiger charge is 2.25. The third-order valence-electron chi connectivity index (χ3n) is 4.58. The predicted molar refractivity (Wildman–Crippen MR) is 82.1 cm³/mol. The monoisotopic (exact) mass is 277 g/mol. The van der Waals surface area contributed by atoms with E-state index in [1.807, 2.05) is 0 Å². The largest absolute Gasteiger partial charge is 0.354 e. The maximum Gasteiger partial charge on any atom is 0.131 e. The first kappa shape index (κ1) is 13.9. The number of aryl methyl sites for hydroxylation is 2. The van der Waals surface area contributed by atoms with Crippen molar-refractivity contribution >= 4 is 5.82 Å². The number of rotatable bonds is 5. The Morgan fingerprint density at radius 1 is 1.20 bits per heavy atom. The summed E-state index contributed by atoms with van der Waals surface area (Å²) in [6, 6.07) is 0.749. The van der Waals surface area contributed by atoms with Crippen molar-refractivity contribution in [1.29, 1.82) is 0 Å². The van der Waals surface area contributed by atoms with Gasteiger partial charge < -0.3 is 15.1 Å². The zero-order chi connectivity index (χ0) is 14.1. The summed E-state index contributed by atoms with van der Waals surface area (Å²) in [7, 11) is 2.08. The molecule has 3 rings (SSSR count). The highest BCUT2D eigenvalue weighted by molar-refractivity contribution is 5.50. The van der Waals surface area contributed by atoms with Crippen LogP contribution < -0.4 is 10.2 Å². The van der Waals surface area contributed by atoms with Gasteiger partial charge in [-0.15, -0.1) is 0 Å². The van der Waals surface area contributed by atoms with E-state index in [1.54, 1.807) is 0 Å². The molecule has 1 N–H and O–H groups in total. The van der Waals surface area contributed by atoms with E-state index in [9.17, 15) is 0 Å². The van der Waals surface area contributed by atoms with E-state index in [4.69, 9.17) is 0 Å². The van der Waals surface area contributed by atoms with E-state index in [-0.39, 0.29) is 0 Å². The molecule has 1 aliphatic heterocycles. The Balaban J connectivity index is 1.73. The molecule has 1 aromatic rings. The molecule has 0 amide bonds. The summed E-state index contributed by atoms with van der Waals surface area (Å²) in [5.41, 5.74) is 2.57. The molecule has 0 spiro atoms. The molecular formula is C15H27N5. The number of piperazine rings is 1. The van der Waals surface area contributed by atoms with Crippen molar-refractivity contribution in [2.45, 2.75) is 39.3 Å². The quantitative estimate of drug-likeness (QED) is 0.875. The van der Waals surface area contributed by atoms with Gasteiger partial charge in [0.05, 0.1) is 5.69 Å². The first-order valence-corrected chi connectivity index (χ1v) is 7.92. The first-order chi connectivity index (χ1) is 9.69. The number of aromatic nitrogens is 2. The van der Waals surface area contributed by atoms with Crippen LogP contribution in [-0.2, 0) is 13.6 Å². The maximum atomic E-state index is 4.65. The van der Waals surface area contributed by atoms with E-state index >= 15 is 0 Å². The van der Waals surface area contributed by atoms with Gasteiger partial charge in [0.1, 0.15) is 5.82 Å². The van der Waals surface area contributed by atoms with Crippen molar-refractivity contribution in [1.82, 2.24) is 20.0 Å². The lowest BCUT2D eigenvalue weighted by atomic mass is 10.2. The minimum absolute atomic E-state index is 0.749. The van der Waals surface area contributed by atoms with Gasteiger partial charge in [-0.05, 0) is 26.3 Å². The minimum Gasteiger partial charge on any atom is -0.354 e. The van der Waals surface area contributed by atoms with E-state index in [2.05, 4.69) is 45.8 Å². The van der Waals surface area contributed by atoms with Crippen molar-refractivity contribution in [3.05, 3.63) is 11.3 Å². The Labute approximate surface area is 121 Å². The third kappa shape index (κ3) is 2.83. The van der Waals surface area contributed by atoms with Crippen LogP contribution in [0, 0.1) is 6.92 Å². The fraction of sp³-hybridized carbons (Fsp3) is 0.800. The topological polar surface area (TPSA) is 36.3 Å². The SMILES string of the molecule is CCN1CCN(c2c(CNC3CC3)c(C)nn2C)CC1. The molecule has 112 valence electrons. The van der Waals surface area contributed by atoms with Gasteiger partial charge in [-0.3, -0.25) is 4.68 Å². The molecule has 0 bridgehead atoms. The zero-order valence-corrected chi connectivity index (χ0v) is 13.0. The molecule has 5 heteroatoms. The molecule has 0 unspecified atom stereocenters. The van der Waals surface area contributed by atoms with Crippen molar-refractivity contribution in [3.8, 4) is 0 Å². The molecule has 0 aromatic carbocycles. The number of hydrogen-bond acceptors (Lipinski definition) is 4. The molecule has 5 nitrogen and oxygen atoms in total. The molecule has 0 radical (unpaired) electrons. The maximum absolute atomic E-state index is 4.65. The zero-order valence-electron chi connectivity index (χ0n) is 13.0. The Morgan fingerprint density at radius 3 is 2.50 bits per heavy atom. The number of nitrogens with zero attached hydrogens (tertiary/aromatic N) is 4. The summed E-state index contributed by atoms with van der Waals surface area (Å²) in [6.45, 7) is 11.1. The fourth-order valence-electron chi connectivity index (χ4n) is 3.10. The Hall–Kier alpha value is -1.07. The summed E-state index contributed by atoms with van der Waals surface area (Å²) in [6.07, 6.45) is 2.67. The Kier molecular flexibility index (Phi) is 3.98. The van der Waals surface area contributed by atoms with Crippen molar-refractivity contribution in [3.63, 3.8) is 0 Å². The standard InChI is InChI=1S/C15H27N5/c1-4-19-7-9-20(10-8-19)15-14(11-16-13-5-6-13)12(2)17-18(15)3/h13,16H,4-11H2,1-3H3. The second-order valence-corrected chi connectivity index (χ2v) is 6.09. The average Bonchev–Trinajstić information content (AvgIpc) is 3.23. The van der Waals surface area contributed by atoms with Crippen LogP contribution in [0.2, 0.25) is 0 Å². The van der Waals surface area contributed by atoms with Crippen LogP contribution in [0.25, 0.3) is 0 Å². The Morgan fingerprint density at radius 2 is 1.90 bits per heavy atom. The van der Waals surface area contributed by atoms with Gasteiger partial charge in [0, 0.05) is 51.4 Å². The van der Waals surface area contributed by atoms with Crippen LogP contribution in [0.3, 0.4) is 0 Å². The van der Waals surface area contributed by atoms with Gasteiger partial charge in [0.2, 0.25) is 0 Å². The van der Waals surface area contributed by atoms with Crippen LogP contribution in [-0.4, -0.2) is 53.4 Å². The number of nitrogens with one attached hydrogen (secondary N) is 1. The van der Waals surface area contributed by atoms with Crippen LogP contribution in [0.15, 0.2) is 0 Å². The summed E-state index contributed by atoms with van der Waals surface area (Å²) >= 11 is 0. The number of likely N-dealkylation sites (N-methyl/N-ethyl adjacent to an activating group) is 1. The van der Waals surface area contributed by atoms with E-state index < -0.39 is 0 Å². The lowest BCUT2D eigenvalue weighted by Crippen LogP contribution is -2.47. The van der Waals surface area contributed by atoms with E-state index in [1.165, 1.54) is 29.9 Å².